The summed E-state index contributed by atoms with van der Waals surface area (Å²) >= 11 is 0. The molecule has 0 spiro atoms. The maximum atomic E-state index is 5.67. The summed E-state index contributed by atoms with van der Waals surface area (Å²) in [5, 5.41) is 6.56. The van der Waals surface area contributed by atoms with Crippen molar-refractivity contribution >= 4 is 11.6 Å². The Morgan fingerprint density at radius 2 is 1.81 bits per heavy atom. The molecule has 0 radical (unpaired) electrons. The lowest BCUT2D eigenvalue weighted by Gasteiger charge is -2.15. The molecule has 146 valence electrons. The molecule has 0 aromatic heterocycles. The van der Waals surface area contributed by atoms with Gasteiger partial charge in [-0.25, -0.2) is 0 Å². The summed E-state index contributed by atoms with van der Waals surface area (Å²) in [5.41, 5.74) is 2.00. The number of benzene rings is 2. The first-order valence-electron chi connectivity index (χ1n) is 9.09. The molecule has 0 saturated heterocycles. The van der Waals surface area contributed by atoms with Crippen molar-refractivity contribution in [2.45, 2.75) is 33.4 Å². The van der Waals surface area contributed by atoms with Crippen LogP contribution in [0.4, 0.5) is 5.69 Å². The molecular formula is C21H29N3O3. The van der Waals surface area contributed by atoms with Gasteiger partial charge in [0.05, 0.1) is 19.8 Å². The van der Waals surface area contributed by atoms with Crippen LogP contribution in [0.2, 0.25) is 0 Å². The molecule has 0 atom stereocenters. The summed E-state index contributed by atoms with van der Waals surface area (Å²) in [7, 11) is 3.36. The van der Waals surface area contributed by atoms with Crippen LogP contribution in [0, 0.1) is 0 Å². The average Bonchev–Trinajstić information content (AvgIpc) is 2.67. The molecule has 0 unspecified atom stereocenters. The highest BCUT2D eigenvalue weighted by molar-refractivity contribution is 5.93. The van der Waals surface area contributed by atoms with Crippen LogP contribution >= 0.6 is 0 Å². The highest BCUT2D eigenvalue weighted by Gasteiger charge is 2.07. The summed E-state index contributed by atoms with van der Waals surface area (Å²) < 4.78 is 16.6. The van der Waals surface area contributed by atoms with Crippen molar-refractivity contribution in [1.29, 1.82) is 0 Å². The quantitative estimate of drug-likeness (QED) is 0.541. The molecule has 6 nitrogen and oxygen atoms in total. The number of nitrogens with zero attached hydrogens (tertiary/aromatic N) is 1. The molecule has 0 saturated carbocycles. The average molecular weight is 371 g/mol. The predicted octanol–water partition coefficient (Wildman–Crippen LogP) is 4.07. The first-order valence-corrected chi connectivity index (χ1v) is 9.09. The Bertz CT molecular complexity index is 743. The van der Waals surface area contributed by atoms with E-state index in [1.54, 1.807) is 14.2 Å². The number of anilines is 1. The minimum absolute atomic E-state index is 0.170. The van der Waals surface area contributed by atoms with Gasteiger partial charge in [0.2, 0.25) is 0 Å². The van der Waals surface area contributed by atoms with Gasteiger partial charge in [0.1, 0.15) is 5.75 Å². The van der Waals surface area contributed by atoms with E-state index >= 15 is 0 Å². The number of guanidine groups is 1. The summed E-state index contributed by atoms with van der Waals surface area (Å²) in [5.74, 6) is 2.94. The van der Waals surface area contributed by atoms with E-state index in [0.29, 0.717) is 24.9 Å². The van der Waals surface area contributed by atoms with Crippen LogP contribution in [0.25, 0.3) is 0 Å². The Balaban J connectivity index is 1.96. The Kier molecular flexibility index (Phi) is 7.79. The van der Waals surface area contributed by atoms with Gasteiger partial charge in [0, 0.05) is 25.3 Å². The maximum Gasteiger partial charge on any atom is 0.195 e. The van der Waals surface area contributed by atoms with E-state index in [1.165, 1.54) is 0 Å². The highest BCUT2D eigenvalue weighted by atomic mass is 16.5. The molecule has 2 N–H and O–H groups in total. The standard InChI is InChI=1S/C21H29N3O3/c1-6-26-19-12-9-17(13-20(19)25-5)24-21(22-4)23-14-16-7-10-18(11-8-16)27-15(2)3/h7-13,15H,6,14H2,1-5H3,(H2,22,23,24). The number of methoxy groups -OCH3 is 1. The van der Waals surface area contributed by atoms with Crippen LogP contribution in [0.15, 0.2) is 47.5 Å². The van der Waals surface area contributed by atoms with Crippen LogP contribution in [0.1, 0.15) is 26.3 Å². The van der Waals surface area contributed by atoms with Crippen LogP contribution in [0.5, 0.6) is 17.2 Å². The first kappa shape index (κ1) is 20.4. The predicted molar refractivity (Wildman–Crippen MR) is 110 cm³/mol. The van der Waals surface area contributed by atoms with E-state index < -0.39 is 0 Å². The summed E-state index contributed by atoms with van der Waals surface area (Å²) in [6, 6.07) is 13.7. The summed E-state index contributed by atoms with van der Waals surface area (Å²) in [6.07, 6.45) is 0.170. The number of aliphatic imine (C=N–C) groups is 1. The first-order chi connectivity index (χ1) is 13.0. The molecular weight excluding hydrogens is 342 g/mol. The Labute approximate surface area is 161 Å². The van der Waals surface area contributed by atoms with Gasteiger partial charge in [-0.1, -0.05) is 12.1 Å². The molecule has 6 heteroatoms. The lowest BCUT2D eigenvalue weighted by atomic mass is 10.2. The van der Waals surface area contributed by atoms with E-state index in [0.717, 1.165) is 22.7 Å². The number of ether oxygens (including phenoxy) is 3. The van der Waals surface area contributed by atoms with Crippen molar-refractivity contribution in [3.63, 3.8) is 0 Å². The van der Waals surface area contributed by atoms with Crippen molar-refractivity contribution in [2.24, 2.45) is 4.99 Å². The van der Waals surface area contributed by atoms with Gasteiger partial charge in [0.15, 0.2) is 17.5 Å². The van der Waals surface area contributed by atoms with Crippen molar-refractivity contribution in [2.75, 3.05) is 26.1 Å². The topological polar surface area (TPSA) is 64.1 Å². The molecule has 27 heavy (non-hydrogen) atoms. The second-order valence-corrected chi connectivity index (χ2v) is 6.16. The highest BCUT2D eigenvalue weighted by Crippen LogP contribution is 2.30. The number of nitrogens with one attached hydrogen (secondary N) is 2. The molecule has 0 aliphatic rings. The van der Waals surface area contributed by atoms with Gasteiger partial charge in [-0.05, 0) is 50.6 Å². The third-order valence-electron chi connectivity index (χ3n) is 3.70. The Hall–Kier alpha value is -2.89. The lowest BCUT2D eigenvalue weighted by molar-refractivity contribution is 0.242. The van der Waals surface area contributed by atoms with Gasteiger partial charge in [-0.2, -0.15) is 0 Å². The monoisotopic (exact) mass is 371 g/mol. The molecule has 0 fully saturated rings. The van der Waals surface area contributed by atoms with Crippen molar-refractivity contribution in [3.8, 4) is 17.2 Å². The fraction of sp³-hybridized carbons (Fsp3) is 0.381. The molecule has 2 aromatic rings. The zero-order valence-corrected chi connectivity index (χ0v) is 16.7. The minimum atomic E-state index is 0.170. The summed E-state index contributed by atoms with van der Waals surface area (Å²) in [6.45, 7) is 7.21. The zero-order valence-electron chi connectivity index (χ0n) is 16.7. The van der Waals surface area contributed by atoms with E-state index in [9.17, 15) is 0 Å². The number of hydrogen-bond acceptors (Lipinski definition) is 4. The molecule has 0 bridgehead atoms. The largest absolute Gasteiger partial charge is 0.493 e. The number of rotatable bonds is 8. The smallest absolute Gasteiger partial charge is 0.195 e. The molecule has 2 aromatic carbocycles. The minimum Gasteiger partial charge on any atom is -0.493 e. The van der Waals surface area contributed by atoms with Crippen LogP contribution < -0.4 is 24.8 Å². The van der Waals surface area contributed by atoms with Gasteiger partial charge in [-0.3, -0.25) is 4.99 Å². The van der Waals surface area contributed by atoms with E-state index in [2.05, 4.69) is 15.6 Å². The lowest BCUT2D eigenvalue weighted by Crippen LogP contribution is -2.30. The van der Waals surface area contributed by atoms with E-state index in [-0.39, 0.29) is 6.10 Å². The van der Waals surface area contributed by atoms with Gasteiger partial charge < -0.3 is 24.8 Å². The van der Waals surface area contributed by atoms with Crippen LogP contribution in [-0.4, -0.2) is 32.8 Å². The van der Waals surface area contributed by atoms with Crippen molar-refractivity contribution < 1.29 is 14.2 Å². The zero-order chi connectivity index (χ0) is 19.6. The normalized spacial score (nSPS) is 11.3. The summed E-state index contributed by atoms with van der Waals surface area (Å²) in [4.78, 5) is 4.27. The fourth-order valence-corrected chi connectivity index (χ4v) is 2.48. The van der Waals surface area contributed by atoms with Crippen molar-refractivity contribution in [3.05, 3.63) is 48.0 Å². The second-order valence-electron chi connectivity index (χ2n) is 6.16. The van der Waals surface area contributed by atoms with Crippen LogP contribution in [0.3, 0.4) is 0 Å². The SMILES string of the molecule is CCOc1ccc(NC(=NC)NCc2ccc(OC(C)C)cc2)cc1OC. The third kappa shape index (κ3) is 6.40. The molecule has 0 aliphatic heterocycles. The van der Waals surface area contributed by atoms with Gasteiger partial charge >= 0.3 is 0 Å². The molecule has 0 aliphatic carbocycles. The van der Waals surface area contributed by atoms with Gasteiger partial charge in [0.25, 0.3) is 0 Å². The molecule has 0 heterocycles. The Morgan fingerprint density at radius 3 is 2.41 bits per heavy atom. The third-order valence-corrected chi connectivity index (χ3v) is 3.70. The van der Waals surface area contributed by atoms with E-state index in [4.69, 9.17) is 14.2 Å². The second kappa shape index (κ2) is 10.3. The Morgan fingerprint density at radius 1 is 1.07 bits per heavy atom. The fourth-order valence-electron chi connectivity index (χ4n) is 2.48. The van der Waals surface area contributed by atoms with Crippen LogP contribution in [-0.2, 0) is 6.54 Å². The maximum absolute atomic E-state index is 5.67. The van der Waals surface area contributed by atoms with Crippen molar-refractivity contribution in [1.82, 2.24) is 5.32 Å². The van der Waals surface area contributed by atoms with Gasteiger partial charge in [-0.15, -0.1) is 0 Å². The molecule has 2 rings (SSSR count). The number of hydrogen-bond donors (Lipinski definition) is 2. The molecule has 0 amide bonds. The van der Waals surface area contributed by atoms with E-state index in [1.807, 2.05) is 63.2 Å².